The third-order valence-corrected chi connectivity index (χ3v) is 4.65. The van der Waals surface area contributed by atoms with E-state index >= 15 is 0 Å². The normalized spacial score (nSPS) is 10.5. The van der Waals surface area contributed by atoms with E-state index in [1.165, 1.54) is 0 Å². The van der Waals surface area contributed by atoms with E-state index in [2.05, 4.69) is 12.2 Å². The molecule has 2 rings (SSSR count). The zero-order valence-electron chi connectivity index (χ0n) is 16.1. The van der Waals surface area contributed by atoms with E-state index in [4.69, 9.17) is 0 Å². The Morgan fingerprint density at radius 3 is 2.27 bits per heavy atom. The molecular weight excluding hydrogens is 324 g/mol. The lowest BCUT2D eigenvalue weighted by Crippen LogP contribution is -2.34. The number of carbonyl (C=O) groups is 2. The fraction of sp³-hybridized carbons (Fsp3) is 0.364. The second kappa shape index (κ2) is 9.18. The Hall–Kier alpha value is -2.62. The first kappa shape index (κ1) is 19.7. The Balaban J connectivity index is 2.02. The van der Waals surface area contributed by atoms with Gasteiger partial charge in [0.15, 0.2) is 0 Å². The minimum atomic E-state index is -0.0499. The first-order valence-electron chi connectivity index (χ1n) is 9.11. The molecule has 26 heavy (non-hydrogen) atoms. The third-order valence-electron chi connectivity index (χ3n) is 4.65. The Labute approximate surface area is 156 Å². The largest absolute Gasteiger partial charge is 0.352 e. The molecule has 0 saturated carbocycles. The van der Waals surface area contributed by atoms with Crippen molar-refractivity contribution in [3.63, 3.8) is 0 Å². The van der Waals surface area contributed by atoms with Crippen molar-refractivity contribution in [3.8, 4) is 0 Å². The molecule has 138 valence electrons. The molecule has 4 nitrogen and oxygen atoms in total. The molecule has 2 aromatic rings. The van der Waals surface area contributed by atoms with Crippen LogP contribution in [0.25, 0.3) is 0 Å². The highest BCUT2D eigenvalue weighted by molar-refractivity contribution is 5.94. The molecule has 0 bridgehead atoms. The topological polar surface area (TPSA) is 49.4 Å². The second-order valence-corrected chi connectivity index (χ2v) is 6.56. The second-order valence-electron chi connectivity index (χ2n) is 6.56. The molecule has 4 heteroatoms. The number of aryl methyl sites for hydroxylation is 3. The van der Waals surface area contributed by atoms with Gasteiger partial charge in [0.05, 0.1) is 0 Å². The Kier molecular flexibility index (Phi) is 6.96. The van der Waals surface area contributed by atoms with Crippen LogP contribution in [0.2, 0.25) is 0 Å². The molecule has 2 amide bonds. The number of hydrogen-bond acceptors (Lipinski definition) is 2. The number of para-hydroxylation sites is 1. The maximum Gasteiger partial charge on any atom is 0.223 e. The number of amides is 2. The van der Waals surface area contributed by atoms with Crippen LogP contribution in [0.4, 0.5) is 5.69 Å². The van der Waals surface area contributed by atoms with Gasteiger partial charge in [0.2, 0.25) is 11.8 Å². The molecule has 1 N–H and O–H groups in total. The van der Waals surface area contributed by atoms with Crippen LogP contribution >= 0.6 is 0 Å². The Morgan fingerprint density at radius 2 is 1.62 bits per heavy atom. The van der Waals surface area contributed by atoms with Crippen LogP contribution in [0, 0.1) is 13.8 Å². The number of nitrogens with zero attached hydrogens (tertiary/aromatic N) is 1. The van der Waals surface area contributed by atoms with Gasteiger partial charge in [-0.05, 0) is 42.5 Å². The first-order chi connectivity index (χ1) is 12.4. The van der Waals surface area contributed by atoms with E-state index in [1.807, 2.05) is 56.3 Å². The van der Waals surface area contributed by atoms with Gasteiger partial charge in [-0.3, -0.25) is 9.59 Å². The highest BCUT2D eigenvalue weighted by Crippen LogP contribution is 2.26. The average Bonchev–Trinajstić information content (AvgIpc) is 2.62. The summed E-state index contributed by atoms with van der Waals surface area (Å²) in [7, 11) is 0. The molecule has 0 aliphatic heterocycles. The monoisotopic (exact) mass is 352 g/mol. The van der Waals surface area contributed by atoms with E-state index in [0.717, 1.165) is 34.4 Å². The molecule has 0 saturated heterocycles. The summed E-state index contributed by atoms with van der Waals surface area (Å²) in [6, 6.07) is 14.0. The third kappa shape index (κ3) is 4.94. The molecule has 0 aliphatic rings. The number of carbonyl (C=O) groups excluding carboxylic acids is 2. The van der Waals surface area contributed by atoms with E-state index in [1.54, 1.807) is 11.8 Å². The average molecular weight is 352 g/mol. The van der Waals surface area contributed by atoms with Crippen molar-refractivity contribution >= 4 is 17.5 Å². The summed E-state index contributed by atoms with van der Waals surface area (Å²) in [6.07, 6.45) is 1.13. The lowest BCUT2D eigenvalue weighted by Gasteiger charge is -2.25. The van der Waals surface area contributed by atoms with E-state index in [-0.39, 0.29) is 18.2 Å². The molecule has 0 fully saturated rings. The van der Waals surface area contributed by atoms with Crippen LogP contribution < -0.4 is 10.2 Å². The number of anilines is 1. The van der Waals surface area contributed by atoms with Gasteiger partial charge in [0.25, 0.3) is 0 Å². The van der Waals surface area contributed by atoms with Gasteiger partial charge in [0, 0.05) is 32.1 Å². The molecule has 0 unspecified atom stereocenters. The van der Waals surface area contributed by atoms with Crippen LogP contribution in [0.3, 0.4) is 0 Å². The standard InChI is InChI=1S/C22H28N2O2/c1-5-19-12-8-10-17(3)22(19)24(18(4)25)14-13-21(26)23-15-20-11-7-6-9-16(20)2/h6-12H,5,13-15H2,1-4H3,(H,23,26). The van der Waals surface area contributed by atoms with Crippen LogP contribution in [0.5, 0.6) is 0 Å². The van der Waals surface area contributed by atoms with Crippen LogP contribution in [0.1, 0.15) is 42.5 Å². The van der Waals surface area contributed by atoms with Crippen molar-refractivity contribution in [2.45, 2.75) is 47.1 Å². The summed E-state index contributed by atoms with van der Waals surface area (Å²) in [6.45, 7) is 8.55. The fourth-order valence-corrected chi connectivity index (χ4v) is 3.12. The highest BCUT2D eigenvalue weighted by Gasteiger charge is 2.18. The summed E-state index contributed by atoms with van der Waals surface area (Å²) in [5.41, 5.74) is 5.39. The lowest BCUT2D eigenvalue weighted by molar-refractivity contribution is -0.121. The molecule has 0 radical (unpaired) electrons. The summed E-state index contributed by atoms with van der Waals surface area (Å²) in [4.78, 5) is 26.2. The minimum Gasteiger partial charge on any atom is -0.352 e. The van der Waals surface area contributed by atoms with Gasteiger partial charge >= 0.3 is 0 Å². The van der Waals surface area contributed by atoms with Gasteiger partial charge < -0.3 is 10.2 Å². The Morgan fingerprint density at radius 1 is 0.962 bits per heavy atom. The zero-order chi connectivity index (χ0) is 19.1. The van der Waals surface area contributed by atoms with E-state index in [0.29, 0.717) is 13.1 Å². The van der Waals surface area contributed by atoms with Crippen molar-refractivity contribution in [2.24, 2.45) is 0 Å². The smallest absolute Gasteiger partial charge is 0.223 e. The predicted octanol–water partition coefficient (Wildman–Crippen LogP) is 3.93. The maximum absolute atomic E-state index is 12.3. The number of rotatable bonds is 7. The summed E-state index contributed by atoms with van der Waals surface area (Å²) >= 11 is 0. The van der Waals surface area contributed by atoms with E-state index in [9.17, 15) is 9.59 Å². The molecular formula is C22H28N2O2. The molecule has 0 spiro atoms. The summed E-state index contributed by atoms with van der Waals surface area (Å²) in [5, 5.41) is 2.95. The van der Waals surface area contributed by atoms with Crippen molar-refractivity contribution in [2.75, 3.05) is 11.4 Å². The maximum atomic E-state index is 12.3. The van der Waals surface area contributed by atoms with Crippen molar-refractivity contribution in [1.29, 1.82) is 0 Å². The van der Waals surface area contributed by atoms with Gasteiger partial charge in [-0.15, -0.1) is 0 Å². The number of benzene rings is 2. The van der Waals surface area contributed by atoms with Gasteiger partial charge in [-0.1, -0.05) is 49.4 Å². The molecule has 0 aliphatic carbocycles. The molecule has 0 atom stereocenters. The van der Waals surface area contributed by atoms with Crippen molar-refractivity contribution in [3.05, 3.63) is 64.7 Å². The van der Waals surface area contributed by atoms with Crippen LogP contribution in [-0.2, 0) is 22.6 Å². The Bertz CT molecular complexity index is 783. The lowest BCUT2D eigenvalue weighted by atomic mass is 10.0. The van der Waals surface area contributed by atoms with Gasteiger partial charge in [-0.2, -0.15) is 0 Å². The number of nitrogens with one attached hydrogen (secondary N) is 1. The van der Waals surface area contributed by atoms with Gasteiger partial charge in [0.1, 0.15) is 0 Å². The summed E-state index contributed by atoms with van der Waals surface area (Å²) < 4.78 is 0. The molecule has 0 heterocycles. The number of hydrogen-bond donors (Lipinski definition) is 1. The van der Waals surface area contributed by atoms with E-state index < -0.39 is 0 Å². The zero-order valence-corrected chi connectivity index (χ0v) is 16.1. The van der Waals surface area contributed by atoms with Crippen molar-refractivity contribution < 1.29 is 9.59 Å². The molecule has 2 aromatic carbocycles. The fourth-order valence-electron chi connectivity index (χ4n) is 3.12. The predicted molar refractivity (Wildman–Crippen MR) is 106 cm³/mol. The minimum absolute atomic E-state index is 0.0410. The van der Waals surface area contributed by atoms with Crippen LogP contribution in [0.15, 0.2) is 42.5 Å². The van der Waals surface area contributed by atoms with Gasteiger partial charge in [-0.25, -0.2) is 0 Å². The SMILES string of the molecule is CCc1cccc(C)c1N(CCC(=O)NCc1ccccc1C)C(C)=O. The quantitative estimate of drug-likeness (QED) is 0.821. The molecule has 0 aromatic heterocycles. The van der Waals surface area contributed by atoms with Crippen LogP contribution in [-0.4, -0.2) is 18.4 Å². The first-order valence-corrected chi connectivity index (χ1v) is 9.11. The highest BCUT2D eigenvalue weighted by atomic mass is 16.2. The summed E-state index contributed by atoms with van der Waals surface area (Å²) in [5.74, 6) is -0.0909. The van der Waals surface area contributed by atoms with Crippen molar-refractivity contribution in [1.82, 2.24) is 5.32 Å².